The van der Waals surface area contributed by atoms with Crippen LogP contribution in [0.4, 0.5) is 0 Å². The Morgan fingerprint density at radius 3 is 2.10 bits per heavy atom. The van der Waals surface area contributed by atoms with Gasteiger partial charge in [-0.25, -0.2) is 0 Å². The van der Waals surface area contributed by atoms with Crippen molar-refractivity contribution >= 4 is 23.9 Å². The van der Waals surface area contributed by atoms with Crippen LogP contribution in [-0.4, -0.2) is 90.7 Å². The lowest BCUT2D eigenvalue weighted by Crippen LogP contribution is -2.68. The van der Waals surface area contributed by atoms with Crippen molar-refractivity contribution in [3.8, 4) is 0 Å². The fourth-order valence-corrected chi connectivity index (χ4v) is 9.36. The molecule has 1 aromatic carbocycles. The Morgan fingerprint density at radius 1 is 0.958 bits per heavy atom. The minimum atomic E-state index is -1.25. The number of rotatable bonds is 8. The maximum atomic E-state index is 13.7. The summed E-state index contributed by atoms with van der Waals surface area (Å²) < 4.78 is 30.8. The first kappa shape index (κ1) is 36.0. The van der Waals surface area contributed by atoms with Gasteiger partial charge in [0.2, 0.25) is 0 Å². The van der Waals surface area contributed by atoms with E-state index in [1.54, 1.807) is 0 Å². The number of carbonyl (C=O) groups is 4. The van der Waals surface area contributed by atoms with Gasteiger partial charge in [-0.2, -0.15) is 0 Å². The van der Waals surface area contributed by atoms with Crippen molar-refractivity contribution in [1.29, 1.82) is 0 Å². The lowest BCUT2D eigenvalue weighted by Gasteiger charge is -2.60. The van der Waals surface area contributed by atoms with Gasteiger partial charge in [0, 0.05) is 44.1 Å². The number of carbonyl (C=O) groups excluding carboxylic acids is 4. The Balaban J connectivity index is 1.60. The van der Waals surface area contributed by atoms with Crippen molar-refractivity contribution in [1.82, 2.24) is 4.90 Å². The maximum Gasteiger partial charge on any atom is 0.308 e. The van der Waals surface area contributed by atoms with Gasteiger partial charge < -0.3 is 33.7 Å². The van der Waals surface area contributed by atoms with E-state index >= 15 is 0 Å². The summed E-state index contributed by atoms with van der Waals surface area (Å²) in [4.78, 5) is 53.6. The van der Waals surface area contributed by atoms with Crippen LogP contribution in [0.3, 0.4) is 0 Å². The molecule has 4 aliphatic rings. The molecule has 1 heterocycles. The average Bonchev–Trinajstić information content (AvgIpc) is 3.77. The van der Waals surface area contributed by atoms with Crippen molar-refractivity contribution in [3.05, 3.63) is 47.0 Å². The van der Waals surface area contributed by atoms with Gasteiger partial charge in [-0.3, -0.25) is 19.2 Å². The summed E-state index contributed by atoms with van der Waals surface area (Å²) in [6.45, 7) is 11.9. The van der Waals surface area contributed by atoms with Crippen LogP contribution >= 0.6 is 0 Å². The molecule has 11 nitrogen and oxygen atoms in total. The topological polar surface area (TPSA) is 141 Å². The molecule has 3 aliphatic carbocycles. The molecule has 1 aromatic rings. The molecule has 264 valence electrons. The molecular formula is C37H51NO10. The molecule has 48 heavy (non-hydrogen) atoms. The van der Waals surface area contributed by atoms with Gasteiger partial charge in [-0.1, -0.05) is 51.1 Å². The third-order valence-electron chi connectivity index (χ3n) is 11.5. The normalized spacial score (nSPS) is 35.9. The summed E-state index contributed by atoms with van der Waals surface area (Å²) in [7, 11) is 3.83. The molecule has 5 rings (SSSR count). The predicted molar refractivity (Wildman–Crippen MR) is 174 cm³/mol. The van der Waals surface area contributed by atoms with E-state index in [9.17, 15) is 24.3 Å². The molecule has 1 aliphatic heterocycles. The molecule has 0 unspecified atom stereocenters. The minimum Gasteiger partial charge on any atom is -0.462 e. The number of ether oxygens (including phenoxy) is 5. The van der Waals surface area contributed by atoms with E-state index < -0.39 is 76.7 Å². The molecule has 0 aromatic heterocycles. The third-order valence-corrected chi connectivity index (χ3v) is 11.5. The summed E-state index contributed by atoms with van der Waals surface area (Å²) in [5.74, 6) is -3.03. The van der Waals surface area contributed by atoms with Crippen LogP contribution in [0.5, 0.6) is 0 Å². The number of hydrogen-bond donors (Lipinski definition) is 1. The number of aliphatic hydroxyl groups excluding tert-OH is 1. The van der Waals surface area contributed by atoms with Crippen LogP contribution in [0.1, 0.15) is 85.8 Å². The van der Waals surface area contributed by atoms with E-state index in [0.29, 0.717) is 30.4 Å². The predicted octanol–water partition coefficient (Wildman–Crippen LogP) is 4.31. The van der Waals surface area contributed by atoms with E-state index in [1.807, 2.05) is 77.0 Å². The SMILES string of the molecule is CC(=O)O[C@@H]1[C@@H]2C[C@H](OC(C)=O)C(C)=C([C@@H](O)[C@H](OC(C)=O)[C@@]3(C)CC[C@H](OC(=O)C[C@H](c4ccccc4)N(C)C)[C@@]4(CO4)[C@@H]13)C2(C)C. The van der Waals surface area contributed by atoms with Gasteiger partial charge in [0.05, 0.1) is 13.0 Å². The molecule has 1 spiro atoms. The van der Waals surface area contributed by atoms with Crippen LogP contribution in [0.15, 0.2) is 41.5 Å². The highest BCUT2D eigenvalue weighted by atomic mass is 16.6. The molecule has 2 saturated carbocycles. The highest BCUT2D eigenvalue weighted by molar-refractivity contribution is 5.71. The fraction of sp³-hybridized carbons (Fsp3) is 0.676. The molecule has 0 amide bonds. The zero-order valence-corrected chi connectivity index (χ0v) is 29.6. The Labute approximate surface area is 283 Å². The molecule has 2 bridgehead atoms. The van der Waals surface area contributed by atoms with Crippen molar-refractivity contribution in [2.75, 3.05) is 20.7 Å². The number of hydrogen-bond acceptors (Lipinski definition) is 11. The molecular weight excluding hydrogens is 618 g/mol. The third kappa shape index (κ3) is 6.41. The minimum absolute atomic E-state index is 0.112. The maximum absolute atomic E-state index is 13.7. The zero-order chi connectivity index (χ0) is 35.3. The second kappa shape index (κ2) is 13.2. The molecule has 0 radical (unpaired) electrons. The summed E-state index contributed by atoms with van der Waals surface area (Å²) in [6, 6.07) is 9.55. The Bertz CT molecular complexity index is 1450. The van der Waals surface area contributed by atoms with Gasteiger partial charge in [-0.05, 0) is 62.4 Å². The molecule has 1 N–H and O–H groups in total. The number of benzene rings is 1. The number of nitrogens with zero attached hydrogens (tertiary/aromatic N) is 1. The van der Waals surface area contributed by atoms with E-state index in [2.05, 4.69) is 0 Å². The molecule has 10 atom stereocenters. The van der Waals surface area contributed by atoms with Gasteiger partial charge in [-0.15, -0.1) is 0 Å². The highest BCUT2D eigenvalue weighted by Crippen LogP contribution is 2.65. The van der Waals surface area contributed by atoms with Gasteiger partial charge >= 0.3 is 23.9 Å². The van der Waals surface area contributed by atoms with E-state index in [-0.39, 0.29) is 25.0 Å². The fourth-order valence-electron chi connectivity index (χ4n) is 9.36. The van der Waals surface area contributed by atoms with Crippen molar-refractivity contribution in [3.63, 3.8) is 0 Å². The average molecular weight is 670 g/mol. The van der Waals surface area contributed by atoms with E-state index in [1.165, 1.54) is 20.8 Å². The summed E-state index contributed by atoms with van der Waals surface area (Å²) in [5, 5.41) is 12.3. The van der Waals surface area contributed by atoms with Crippen LogP contribution < -0.4 is 0 Å². The van der Waals surface area contributed by atoms with Crippen LogP contribution in [-0.2, 0) is 42.9 Å². The highest BCUT2D eigenvalue weighted by Gasteiger charge is 2.74. The van der Waals surface area contributed by atoms with Gasteiger partial charge in [0.1, 0.15) is 36.1 Å². The standard InChI is InChI=1S/C37H51NO10/c1-20-27(45-21(2)39)17-25-32(46-22(3)40)33-36(7,34(47-23(4)41)31(43)30(20)35(25,5)6)16-15-28(37(33)19-44-37)48-29(42)18-26(38(8)9)24-13-11-10-12-14-24/h10-14,25-28,31-34,43H,15-19H2,1-9H3/t25-,26+,27-,28-,31+,32+,33-,34-,36-,37-/m0/s1. The second-order valence-corrected chi connectivity index (χ2v) is 15.1. The number of esters is 4. The molecule has 3 fully saturated rings. The van der Waals surface area contributed by atoms with Crippen molar-refractivity contribution < 1.29 is 48.0 Å². The van der Waals surface area contributed by atoms with E-state index in [4.69, 9.17) is 23.7 Å². The van der Waals surface area contributed by atoms with Crippen molar-refractivity contribution in [2.24, 2.45) is 22.7 Å². The van der Waals surface area contributed by atoms with Crippen LogP contribution in [0.2, 0.25) is 0 Å². The molecule has 1 saturated heterocycles. The van der Waals surface area contributed by atoms with E-state index in [0.717, 1.165) is 5.56 Å². The largest absolute Gasteiger partial charge is 0.462 e. The Morgan fingerprint density at radius 2 is 1.56 bits per heavy atom. The lowest BCUT2D eigenvalue weighted by atomic mass is 9.48. The number of epoxide rings is 1. The number of aliphatic hydroxyl groups is 1. The Hall–Kier alpha value is -3.28. The Kier molecular flexibility index (Phi) is 9.91. The summed E-state index contributed by atoms with van der Waals surface area (Å²) in [6.07, 6.45) is -3.30. The van der Waals surface area contributed by atoms with Gasteiger partial charge in [0.25, 0.3) is 0 Å². The van der Waals surface area contributed by atoms with Crippen LogP contribution in [0, 0.1) is 22.7 Å². The van der Waals surface area contributed by atoms with Gasteiger partial charge in [0.15, 0.2) is 0 Å². The summed E-state index contributed by atoms with van der Waals surface area (Å²) >= 11 is 0. The summed E-state index contributed by atoms with van der Waals surface area (Å²) in [5.41, 5.74) is -0.537. The monoisotopic (exact) mass is 669 g/mol. The number of fused-ring (bicyclic) bond motifs is 4. The first-order valence-electron chi connectivity index (χ1n) is 16.9. The quantitative estimate of drug-likeness (QED) is 0.183. The lowest BCUT2D eigenvalue weighted by molar-refractivity contribution is -0.226. The second-order valence-electron chi connectivity index (χ2n) is 15.1. The van der Waals surface area contributed by atoms with Crippen molar-refractivity contribution in [2.45, 2.75) is 116 Å². The first-order valence-corrected chi connectivity index (χ1v) is 16.9. The smallest absolute Gasteiger partial charge is 0.308 e. The van der Waals surface area contributed by atoms with Crippen LogP contribution in [0.25, 0.3) is 0 Å². The first-order chi connectivity index (χ1) is 22.4. The zero-order valence-electron chi connectivity index (χ0n) is 29.6. The molecule has 11 heteroatoms.